The first-order valence-electron chi connectivity index (χ1n) is 11.2. The molecule has 4 heteroatoms. The van der Waals surface area contributed by atoms with Crippen molar-refractivity contribution < 1.29 is 19.4 Å². The second-order valence-electron chi connectivity index (χ2n) is 11.0. The molecule has 2 aliphatic carbocycles. The maximum Gasteiger partial charge on any atom is 0.303 e. The first kappa shape index (κ1) is 25.0. The van der Waals surface area contributed by atoms with Crippen molar-refractivity contribution in [2.45, 2.75) is 112 Å². The molecule has 2 fully saturated rings. The van der Waals surface area contributed by atoms with Crippen molar-refractivity contribution in [1.29, 1.82) is 0 Å². The summed E-state index contributed by atoms with van der Waals surface area (Å²) in [6.45, 7) is 14.9. The summed E-state index contributed by atoms with van der Waals surface area (Å²) >= 11 is 0. The minimum Gasteiger partial charge on any atom is -0.481 e. The fourth-order valence-corrected chi connectivity index (χ4v) is 5.26. The molecule has 164 valence electrons. The Morgan fingerprint density at radius 1 is 0.821 bits per heavy atom. The minimum absolute atomic E-state index is 0.133. The number of rotatable bonds is 3. The highest BCUT2D eigenvalue weighted by Gasteiger charge is 2.36. The fourth-order valence-electron chi connectivity index (χ4n) is 5.26. The van der Waals surface area contributed by atoms with E-state index in [9.17, 15) is 9.59 Å². The van der Waals surface area contributed by atoms with Crippen LogP contribution < -0.4 is 0 Å². The van der Waals surface area contributed by atoms with Crippen LogP contribution in [0.25, 0.3) is 0 Å². The minimum atomic E-state index is -0.633. The van der Waals surface area contributed by atoms with Crippen LogP contribution in [0.3, 0.4) is 0 Å². The van der Waals surface area contributed by atoms with Crippen molar-refractivity contribution in [3.05, 3.63) is 0 Å². The molecule has 4 nitrogen and oxygen atoms in total. The first-order valence-corrected chi connectivity index (χ1v) is 11.2. The van der Waals surface area contributed by atoms with Gasteiger partial charge in [-0.3, -0.25) is 9.59 Å². The third-order valence-corrected chi connectivity index (χ3v) is 6.59. The van der Waals surface area contributed by atoms with Crippen molar-refractivity contribution in [1.82, 2.24) is 0 Å². The van der Waals surface area contributed by atoms with Crippen molar-refractivity contribution in [3.8, 4) is 0 Å². The van der Waals surface area contributed by atoms with E-state index >= 15 is 0 Å². The van der Waals surface area contributed by atoms with Gasteiger partial charge in [-0.25, -0.2) is 0 Å². The number of ether oxygens (including phenoxy) is 1. The zero-order valence-corrected chi connectivity index (χ0v) is 19.3. The van der Waals surface area contributed by atoms with Crippen molar-refractivity contribution >= 4 is 11.9 Å². The summed E-state index contributed by atoms with van der Waals surface area (Å²) in [4.78, 5) is 21.7. The van der Waals surface area contributed by atoms with Gasteiger partial charge >= 0.3 is 11.9 Å². The molecule has 0 aromatic rings. The lowest BCUT2D eigenvalue weighted by molar-refractivity contribution is -0.153. The van der Waals surface area contributed by atoms with Crippen molar-refractivity contribution in [2.75, 3.05) is 0 Å². The van der Waals surface area contributed by atoms with E-state index in [1.165, 1.54) is 45.4 Å². The second-order valence-corrected chi connectivity index (χ2v) is 11.0. The number of aliphatic carboxylic acids is 1. The number of esters is 1. The highest BCUT2D eigenvalue weighted by Crippen LogP contribution is 2.43. The lowest BCUT2D eigenvalue weighted by Crippen LogP contribution is -2.37. The summed E-state index contributed by atoms with van der Waals surface area (Å²) in [5.74, 6) is 0.756. The van der Waals surface area contributed by atoms with Gasteiger partial charge in [0, 0.05) is 19.3 Å². The summed E-state index contributed by atoms with van der Waals surface area (Å²) in [6, 6.07) is 0. The van der Waals surface area contributed by atoms with E-state index in [1.54, 1.807) is 0 Å². The molecule has 1 N–H and O–H groups in total. The van der Waals surface area contributed by atoms with Gasteiger partial charge in [-0.05, 0) is 54.8 Å². The standard InChI is InChI=1S/2C12H22O2/c1-9(13)14-11-8-6-5-7-10(11)12(2,3)4;1-12(2,3)10-7-5-4-6-9(10)8-11(13)14/h10-11H,5-8H2,1-4H3;9-10H,4-8H2,1-3H3,(H,13,14). The molecule has 0 amide bonds. The lowest BCUT2D eigenvalue weighted by Gasteiger charge is -2.40. The topological polar surface area (TPSA) is 63.6 Å². The molecule has 4 atom stereocenters. The average Bonchev–Trinajstić information content (AvgIpc) is 2.53. The Kier molecular flexibility index (Phi) is 9.49. The predicted octanol–water partition coefficient (Wildman–Crippen LogP) is 6.47. The molecule has 2 rings (SSSR count). The molecule has 2 saturated carbocycles. The zero-order valence-electron chi connectivity index (χ0n) is 19.3. The highest BCUT2D eigenvalue weighted by molar-refractivity contribution is 5.67. The Bertz CT molecular complexity index is 452. The van der Waals surface area contributed by atoms with Gasteiger partial charge in [-0.2, -0.15) is 0 Å². The molecule has 0 spiro atoms. The Hall–Kier alpha value is -1.06. The second kappa shape index (κ2) is 10.6. The molecule has 0 aliphatic heterocycles. The smallest absolute Gasteiger partial charge is 0.303 e. The molecular weight excluding hydrogens is 352 g/mol. The molecule has 28 heavy (non-hydrogen) atoms. The van der Waals surface area contributed by atoms with Crippen LogP contribution in [-0.4, -0.2) is 23.1 Å². The van der Waals surface area contributed by atoms with Gasteiger partial charge in [0.2, 0.25) is 0 Å². The van der Waals surface area contributed by atoms with Crippen LogP contribution in [0.2, 0.25) is 0 Å². The molecule has 0 radical (unpaired) electrons. The number of carbonyl (C=O) groups excluding carboxylic acids is 1. The molecule has 0 saturated heterocycles. The van der Waals surface area contributed by atoms with Crippen LogP contribution in [0.4, 0.5) is 0 Å². The Morgan fingerprint density at radius 2 is 1.29 bits per heavy atom. The largest absolute Gasteiger partial charge is 0.481 e. The van der Waals surface area contributed by atoms with Crippen LogP contribution >= 0.6 is 0 Å². The van der Waals surface area contributed by atoms with Gasteiger partial charge < -0.3 is 9.84 Å². The maximum atomic E-state index is 11.0. The van der Waals surface area contributed by atoms with Crippen LogP contribution in [0.5, 0.6) is 0 Å². The van der Waals surface area contributed by atoms with Gasteiger partial charge in [0.25, 0.3) is 0 Å². The Labute approximate surface area is 172 Å². The first-order chi connectivity index (χ1) is 12.8. The van der Waals surface area contributed by atoms with Crippen LogP contribution in [0.1, 0.15) is 106 Å². The monoisotopic (exact) mass is 396 g/mol. The summed E-state index contributed by atoms with van der Waals surface area (Å²) < 4.78 is 5.39. The van der Waals surface area contributed by atoms with E-state index < -0.39 is 5.97 Å². The van der Waals surface area contributed by atoms with Crippen molar-refractivity contribution in [2.24, 2.45) is 28.6 Å². The van der Waals surface area contributed by atoms with E-state index in [0.29, 0.717) is 24.2 Å². The molecule has 0 heterocycles. The SMILES string of the molecule is CC(=O)OC1CCCCC1C(C)(C)C.CC(C)(C)C1CCCCC1CC(=O)O. The van der Waals surface area contributed by atoms with E-state index in [-0.39, 0.29) is 22.9 Å². The van der Waals surface area contributed by atoms with E-state index in [2.05, 4.69) is 41.5 Å². The quantitative estimate of drug-likeness (QED) is 0.555. The van der Waals surface area contributed by atoms with Gasteiger partial charge in [-0.15, -0.1) is 0 Å². The number of carboxylic acids is 1. The third-order valence-electron chi connectivity index (χ3n) is 6.59. The third kappa shape index (κ3) is 8.53. The number of hydrogen-bond acceptors (Lipinski definition) is 3. The number of carbonyl (C=O) groups is 2. The Balaban J connectivity index is 0.000000280. The van der Waals surface area contributed by atoms with Gasteiger partial charge in [-0.1, -0.05) is 60.8 Å². The van der Waals surface area contributed by atoms with Gasteiger partial charge in [0.1, 0.15) is 6.10 Å². The normalized spacial score (nSPS) is 28.7. The molecule has 2 aliphatic rings. The lowest BCUT2D eigenvalue weighted by atomic mass is 9.65. The molecule has 0 aromatic heterocycles. The summed E-state index contributed by atoms with van der Waals surface area (Å²) in [6.07, 6.45) is 10.0. The summed E-state index contributed by atoms with van der Waals surface area (Å²) in [7, 11) is 0. The highest BCUT2D eigenvalue weighted by atomic mass is 16.5. The molecule has 4 unspecified atom stereocenters. The van der Waals surface area contributed by atoms with Gasteiger partial charge in [0.05, 0.1) is 0 Å². The van der Waals surface area contributed by atoms with Gasteiger partial charge in [0.15, 0.2) is 0 Å². The molecular formula is C24H44O4. The zero-order chi connectivity index (χ0) is 21.5. The van der Waals surface area contributed by atoms with Crippen molar-refractivity contribution in [3.63, 3.8) is 0 Å². The molecule has 0 aromatic carbocycles. The number of carboxylic acid groups (broad SMARTS) is 1. The Morgan fingerprint density at radius 3 is 1.75 bits per heavy atom. The van der Waals surface area contributed by atoms with E-state index in [1.807, 2.05) is 0 Å². The van der Waals surface area contributed by atoms with Crippen LogP contribution in [0.15, 0.2) is 0 Å². The van der Waals surface area contributed by atoms with Crippen LogP contribution in [-0.2, 0) is 14.3 Å². The van der Waals surface area contributed by atoms with Crippen LogP contribution in [0, 0.1) is 28.6 Å². The maximum absolute atomic E-state index is 11.0. The average molecular weight is 397 g/mol. The fraction of sp³-hybridized carbons (Fsp3) is 0.917. The van der Waals surface area contributed by atoms with E-state index in [4.69, 9.17) is 9.84 Å². The number of hydrogen-bond donors (Lipinski definition) is 1. The predicted molar refractivity (Wildman–Crippen MR) is 114 cm³/mol. The molecule has 0 bridgehead atoms. The van der Waals surface area contributed by atoms with E-state index in [0.717, 1.165) is 12.8 Å². The summed E-state index contributed by atoms with van der Waals surface area (Å²) in [5, 5.41) is 8.85. The summed E-state index contributed by atoms with van der Waals surface area (Å²) in [5.41, 5.74) is 0.515.